The highest BCUT2D eigenvalue weighted by Gasteiger charge is 2.20. The first-order valence-electron chi connectivity index (χ1n) is 8.06. The highest BCUT2D eigenvalue weighted by atomic mass is 35.5. The third-order valence-electron chi connectivity index (χ3n) is 3.79. The smallest absolute Gasteiger partial charge is 0.344 e. The molecule has 2 rings (SSSR count). The summed E-state index contributed by atoms with van der Waals surface area (Å²) in [4.78, 5) is 15.7. The van der Waals surface area contributed by atoms with Crippen LogP contribution in [0, 0.1) is 0 Å². The van der Waals surface area contributed by atoms with Gasteiger partial charge in [0.1, 0.15) is 11.3 Å². The average molecular weight is 336 g/mol. The summed E-state index contributed by atoms with van der Waals surface area (Å²) in [5.41, 5.74) is 0.595. The van der Waals surface area contributed by atoms with Gasteiger partial charge < -0.3 is 9.84 Å². The second-order valence-corrected chi connectivity index (χ2v) is 6.00. The topological polar surface area (TPSA) is 59.4 Å². The molecule has 0 amide bonds. The number of ether oxygens (including phenoxy) is 1. The number of carboxylic acid groups (broad SMARTS) is 1. The summed E-state index contributed by atoms with van der Waals surface area (Å²) in [6.07, 6.45) is 6.64. The lowest BCUT2D eigenvalue weighted by Gasteiger charge is -2.16. The van der Waals surface area contributed by atoms with Crippen LogP contribution in [-0.4, -0.2) is 22.2 Å². The van der Waals surface area contributed by atoms with Gasteiger partial charge in [-0.3, -0.25) is 4.98 Å². The first kappa shape index (κ1) is 17.5. The van der Waals surface area contributed by atoms with E-state index in [0.29, 0.717) is 22.7 Å². The van der Waals surface area contributed by atoms with E-state index in [0.717, 1.165) is 24.6 Å². The summed E-state index contributed by atoms with van der Waals surface area (Å²) in [5, 5.41) is 10.7. The zero-order valence-electron chi connectivity index (χ0n) is 13.3. The van der Waals surface area contributed by atoms with Crippen molar-refractivity contribution < 1.29 is 14.6 Å². The van der Waals surface area contributed by atoms with Crippen molar-refractivity contribution in [2.45, 2.75) is 51.6 Å². The van der Waals surface area contributed by atoms with Gasteiger partial charge in [-0.2, -0.15) is 0 Å². The Hall–Kier alpha value is -1.81. The Morgan fingerprint density at radius 3 is 2.78 bits per heavy atom. The molecular formula is C18H22ClNO3. The molecule has 0 aliphatic heterocycles. The molecule has 1 unspecified atom stereocenters. The monoisotopic (exact) mass is 335 g/mol. The maximum absolute atomic E-state index is 11.5. The Bertz CT molecular complexity index is 660. The first-order chi connectivity index (χ1) is 11.1. The van der Waals surface area contributed by atoms with E-state index in [1.54, 1.807) is 24.4 Å². The van der Waals surface area contributed by atoms with Crippen LogP contribution < -0.4 is 4.74 Å². The molecule has 0 saturated carbocycles. The van der Waals surface area contributed by atoms with Crippen LogP contribution in [0.25, 0.3) is 10.9 Å². The standard InChI is InChI=1S/C18H22ClNO3/c1-2-3-4-5-6-9-16(18(21)22)23-15-11-10-14(19)13-8-7-12-20-17(13)15/h7-8,10-12,16H,2-6,9H2,1H3,(H,21,22). The van der Waals surface area contributed by atoms with Gasteiger partial charge in [0, 0.05) is 11.6 Å². The number of aromatic nitrogens is 1. The number of hydrogen-bond donors (Lipinski definition) is 1. The zero-order valence-corrected chi connectivity index (χ0v) is 14.1. The molecule has 2 aromatic rings. The summed E-state index contributed by atoms with van der Waals surface area (Å²) in [7, 11) is 0. The summed E-state index contributed by atoms with van der Waals surface area (Å²) in [6.45, 7) is 2.15. The molecule has 1 N–H and O–H groups in total. The zero-order chi connectivity index (χ0) is 16.7. The van der Waals surface area contributed by atoms with Crippen molar-refractivity contribution in [1.82, 2.24) is 4.98 Å². The number of unbranched alkanes of at least 4 members (excludes halogenated alkanes) is 4. The number of pyridine rings is 1. The molecule has 0 aliphatic carbocycles. The quantitative estimate of drug-likeness (QED) is 0.649. The number of fused-ring (bicyclic) bond motifs is 1. The normalized spacial score (nSPS) is 12.3. The molecule has 1 heterocycles. The van der Waals surface area contributed by atoms with Gasteiger partial charge in [-0.1, -0.05) is 44.2 Å². The van der Waals surface area contributed by atoms with Gasteiger partial charge in [-0.15, -0.1) is 0 Å². The van der Waals surface area contributed by atoms with Crippen molar-refractivity contribution in [3.05, 3.63) is 35.5 Å². The average Bonchev–Trinajstić information content (AvgIpc) is 2.55. The number of hydrogen-bond acceptors (Lipinski definition) is 3. The summed E-state index contributed by atoms with van der Waals surface area (Å²) in [5.74, 6) is -0.481. The van der Waals surface area contributed by atoms with Crippen molar-refractivity contribution in [2.24, 2.45) is 0 Å². The number of halogens is 1. The Labute approximate surface area is 141 Å². The molecule has 0 fully saturated rings. The molecule has 0 aliphatic rings. The highest BCUT2D eigenvalue weighted by molar-refractivity contribution is 6.35. The Balaban J connectivity index is 2.08. The number of aliphatic carboxylic acids is 1. The Morgan fingerprint density at radius 1 is 1.26 bits per heavy atom. The van der Waals surface area contributed by atoms with E-state index in [2.05, 4.69) is 11.9 Å². The van der Waals surface area contributed by atoms with Gasteiger partial charge in [0.25, 0.3) is 0 Å². The molecule has 5 heteroatoms. The Morgan fingerprint density at radius 2 is 2.04 bits per heavy atom. The maximum Gasteiger partial charge on any atom is 0.344 e. The first-order valence-corrected chi connectivity index (χ1v) is 8.44. The fourth-order valence-electron chi connectivity index (χ4n) is 2.53. The third-order valence-corrected chi connectivity index (χ3v) is 4.12. The van der Waals surface area contributed by atoms with E-state index in [-0.39, 0.29) is 0 Å². The number of benzene rings is 1. The van der Waals surface area contributed by atoms with Crippen LogP contribution in [0.3, 0.4) is 0 Å². The fourth-order valence-corrected chi connectivity index (χ4v) is 2.74. The van der Waals surface area contributed by atoms with Crippen molar-refractivity contribution >= 4 is 28.5 Å². The second kappa shape index (κ2) is 8.73. The molecule has 4 nitrogen and oxygen atoms in total. The molecule has 124 valence electrons. The number of rotatable bonds is 9. The van der Waals surface area contributed by atoms with E-state index in [1.165, 1.54) is 12.8 Å². The largest absolute Gasteiger partial charge is 0.479 e. The minimum Gasteiger partial charge on any atom is -0.479 e. The van der Waals surface area contributed by atoms with Gasteiger partial charge in [0.2, 0.25) is 0 Å². The minimum atomic E-state index is -0.945. The molecule has 0 spiro atoms. The molecule has 0 bridgehead atoms. The van der Waals surface area contributed by atoms with E-state index < -0.39 is 12.1 Å². The van der Waals surface area contributed by atoms with Crippen LogP contribution in [0.1, 0.15) is 45.4 Å². The van der Waals surface area contributed by atoms with E-state index in [4.69, 9.17) is 16.3 Å². The van der Waals surface area contributed by atoms with Crippen molar-refractivity contribution in [2.75, 3.05) is 0 Å². The van der Waals surface area contributed by atoms with Gasteiger partial charge >= 0.3 is 5.97 Å². The van der Waals surface area contributed by atoms with Crippen LogP contribution in [0.15, 0.2) is 30.5 Å². The van der Waals surface area contributed by atoms with Crippen LogP contribution in [0.5, 0.6) is 5.75 Å². The summed E-state index contributed by atoms with van der Waals surface area (Å²) < 4.78 is 5.73. The maximum atomic E-state index is 11.5. The fraction of sp³-hybridized carbons (Fsp3) is 0.444. The van der Waals surface area contributed by atoms with Crippen molar-refractivity contribution in [3.63, 3.8) is 0 Å². The number of carbonyl (C=O) groups is 1. The summed E-state index contributed by atoms with van der Waals surface area (Å²) in [6, 6.07) is 7.03. The number of nitrogens with zero attached hydrogens (tertiary/aromatic N) is 1. The molecule has 0 saturated heterocycles. The van der Waals surface area contributed by atoms with Crippen molar-refractivity contribution in [3.8, 4) is 5.75 Å². The molecule has 0 radical (unpaired) electrons. The molecule has 23 heavy (non-hydrogen) atoms. The number of carboxylic acids is 1. The van der Waals surface area contributed by atoms with Gasteiger partial charge in [-0.05, 0) is 37.1 Å². The molecular weight excluding hydrogens is 314 g/mol. The van der Waals surface area contributed by atoms with Gasteiger partial charge in [0.15, 0.2) is 6.10 Å². The SMILES string of the molecule is CCCCCCCC(Oc1ccc(Cl)c2cccnc12)C(=O)O. The van der Waals surface area contributed by atoms with Crippen molar-refractivity contribution in [1.29, 1.82) is 0 Å². The van der Waals surface area contributed by atoms with E-state index in [9.17, 15) is 9.90 Å². The van der Waals surface area contributed by atoms with E-state index >= 15 is 0 Å². The van der Waals surface area contributed by atoms with E-state index in [1.807, 2.05) is 6.07 Å². The van der Waals surface area contributed by atoms with Gasteiger partial charge in [0.05, 0.1) is 5.02 Å². The summed E-state index contributed by atoms with van der Waals surface area (Å²) >= 11 is 6.15. The van der Waals surface area contributed by atoms with Crippen LogP contribution in [-0.2, 0) is 4.79 Å². The molecule has 1 aromatic heterocycles. The predicted molar refractivity (Wildman–Crippen MR) is 92.2 cm³/mol. The lowest BCUT2D eigenvalue weighted by Crippen LogP contribution is -2.27. The predicted octanol–water partition coefficient (Wildman–Crippen LogP) is 5.08. The van der Waals surface area contributed by atoms with Crippen LogP contribution in [0.2, 0.25) is 5.02 Å². The van der Waals surface area contributed by atoms with Crippen LogP contribution in [0.4, 0.5) is 0 Å². The van der Waals surface area contributed by atoms with Gasteiger partial charge in [-0.25, -0.2) is 4.79 Å². The highest BCUT2D eigenvalue weighted by Crippen LogP contribution is 2.30. The lowest BCUT2D eigenvalue weighted by atomic mass is 10.1. The third kappa shape index (κ3) is 4.83. The lowest BCUT2D eigenvalue weighted by molar-refractivity contribution is -0.145. The minimum absolute atomic E-state index is 0.464. The van der Waals surface area contributed by atoms with Crippen LogP contribution >= 0.6 is 11.6 Å². The Kier molecular flexibility index (Phi) is 6.66. The molecule has 1 atom stereocenters. The second-order valence-electron chi connectivity index (χ2n) is 5.59. The molecule has 1 aromatic carbocycles.